The number of nitrogens with one attached hydrogen (secondary N) is 2. The molecule has 1 aliphatic heterocycles. The number of fused-ring (bicyclic) bond motifs is 3. The smallest absolute Gasteiger partial charge is 0.309 e. The molecule has 146 valence electrons. The van der Waals surface area contributed by atoms with Crippen molar-refractivity contribution in [2.75, 3.05) is 20.2 Å². The maximum absolute atomic E-state index is 12.8. The molecule has 2 N–H and O–H groups in total. The van der Waals surface area contributed by atoms with Crippen LogP contribution in [0, 0.1) is 11.8 Å². The lowest BCUT2D eigenvalue weighted by molar-refractivity contribution is -0.935. The van der Waals surface area contributed by atoms with E-state index in [2.05, 4.69) is 18.8 Å². The largest absolute Gasteiger partial charge is 0.469 e. The molecule has 1 saturated heterocycles. The predicted molar refractivity (Wildman–Crippen MR) is 105 cm³/mol. The normalized spacial score (nSPS) is 26.6. The van der Waals surface area contributed by atoms with E-state index in [9.17, 15) is 9.59 Å². The number of aryl methyl sites for hydroxylation is 1. The molecule has 0 spiro atoms. The first-order valence-corrected chi connectivity index (χ1v) is 10.8. The minimum absolute atomic E-state index is 0.00597. The first-order valence-electron chi connectivity index (χ1n) is 9.94. The molecule has 7 heteroatoms. The van der Waals surface area contributed by atoms with E-state index in [4.69, 9.17) is 9.72 Å². The second-order valence-electron chi connectivity index (χ2n) is 8.16. The number of aromatic amines is 1. The third-order valence-electron chi connectivity index (χ3n) is 6.37. The number of carbonyl (C=O) groups is 1. The SMILES string of the molecule is COC(=O)C1CC[NH+]([C@H](C)c2nc3sc4c(c3c(=O)[nH]2)CC[C@H](C)C4)CC1. The fourth-order valence-corrected chi connectivity index (χ4v) is 5.98. The summed E-state index contributed by atoms with van der Waals surface area (Å²) in [4.78, 5) is 36.1. The summed E-state index contributed by atoms with van der Waals surface area (Å²) in [5.74, 6) is 1.36. The van der Waals surface area contributed by atoms with Crippen molar-refractivity contribution in [2.45, 2.75) is 52.0 Å². The molecular formula is C20H28N3O3S+. The lowest BCUT2D eigenvalue weighted by Gasteiger charge is -2.31. The number of carbonyl (C=O) groups excluding carboxylic acids is 1. The number of rotatable bonds is 3. The van der Waals surface area contributed by atoms with Crippen LogP contribution in [0.1, 0.15) is 55.4 Å². The first-order chi connectivity index (χ1) is 13.0. The van der Waals surface area contributed by atoms with Crippen LogP contribution in [0.5, 0.6) is 0 Å². The van der Waals surface area contributed by atoms with E-state index >= 15 is 0 Å². The Hall–Kier alpha value is -1.73. The van der Waals surface area contributed by atoms with Crippen LogP contribution < -0.4 is 10.5 Å². The van der Waals surface area contributed by atoms with Gasteiger partial charge in [-0.05, 0) is 37.7 Å². The Kier molecular flexibility index (Phi) is 5.07. The summed E-state index contributed by atoms with van der Waals surface area (Å²) in [6, 6.07) is 0.110. The maximum Gasteiger partial charge on any atom is 0.309 e. The van der Waals surface area contributed by atoms with E-state index in [0.717, 1.165) is 61.2 Å². The first kappa shape index (κ1) is 18.6. The minimum Gasteiger partial charge on any atom is -0.469 e. The summed E-state index contributed by atoms with van der Waals surface area (Å²) in [7, 11) is 1.45. The Morgan fingerprint density at radius 1 is 1.33 bits per heavy atom. The van der Waals surface area contributed by atoms with Gasteiger partial charge in [0.25, 0.3) is 5.56 Å². The highest BCUT2D eigenvalue weighted by atomic mass is 32.1. The summed E-state index contributed by atoms with van der Waals surface area (Å²) in [5.41, 5.74) is 1.24. The van der Waals surface area contributed by atoms with E-state index in [1.165, 1.54) is 22.5 Å². The fourth-order valence-electron chi connectivity index (χ4n) is 4.59. The number of likely N-dealkylation sites (tertiary alicyclic amines) is 1. The van der Waals surface area contributed by atoms with Crippen molar-refractivity contribution < 1.29 is 14.4 Å². The summed E-state index contributed by atoms with van der Waals surface area (Å²) < 4.78 is 4.87. The minimum atomic E-state index is -0.104. The molecule has 0 amide bonds. The molecule has 3 heterocycles. The Labute approximate surface area is 162 Å². The van der Waals surface area contributed by atoms with Crippen LogP contribution in [0.25, 0.3) is 10.2 Å². The number of hydrogen-bond acceptors (Lipinski definition) is 5. The van der Waals surface area contributed by atoms with Crippen molar-refractivity contribution in [3.8, 4) is 0 Å². The monoisotopic (exact) mass is 390 g/mol. The number of methoxy groups -OCH3 is 1. The van der Waals surface area contributed by atoms with Gasteiger partial charge in [-0.3, -0.25) is 9.59 Å². The van der Waals surface area contributed by atoms with E-state index in [0.29, 0.717) is 5.92 Å². The number of aromatic nitrogens is 2. The second kappa shape index (κ2) is 7.36. The highest BCUT2D eigenvalue weighted by Crippen LogP contribution is 2.35. The molecule has 0 aromatic carbocycles. The lowest BCUT2D eigenvalue weighted by atomic mass is 9.89. The zero-order valence-corrected chi connectivity index (χ0v) is 17.1. The third kappa shape index (κ3) is 3.43. The van der Waals surface area contributed by atoms with Gasteiger partial charge in [0.1, 0.15) is 10.9 Å². The molecule has 0 unspecified atom stereocenters. The number of ether oxygens (including phenoxy) is 1. The van der Waals surface area contributed by atoms with Gasteiger partial charge in [-0.25, -0.2) is 4.98 Å². The molecule has 0 radical (unpaired) electrons. The highest BCUT2D eigenvalue weighted by Gasteiger charge is 2.32. The zero-order valence-electron chi connectivity index (χ0n) is 16.3. The van der Waals surface area contributed by atoms with Crippen LogP contribution in [-0.4, -0.2) is 36.1 Å². The van der Waals surface area contributed by atoms with Gasteiger partial charge in [-0.15, -0.1) is 11.3 Å². The fraction of sp³-hybridized carbons (Fsp3) is 0.650. The molecule has 0 saturated carbocycles. The van der Waals surface area contributed by atoms with E-state index in [-0.39, 0.29) is 23.5 Å². The van der Waals surface area contributed by atoms with Gasteiger partial charge in [0, 0.05) is 17.7 Å². The maximum atomic E-state index is 12.8. The Morgan fingerprint density at radius 3 is 2.78 bits per heavy atom. The van der Waals surface area contributed by atoms with Crippen LogP contribution in [0.2, 0.25) is 0 Å². The van der Waals surface area contributed by atoms with Gasteiger partial charge in [0.15, 0.2) is 5.82 Å². The van der Waals surface area contributed by atoms with E-state index < -0.39 is 0 Å². The molecule has 6 nitrogen and oxygen atoms in total. The number of hydrogen-bond donors (Lipinski definition) is 2. The van der Waals surface area contributed by atoms with Gasteiger partial charge in [0.2, 0.25) is 0 Å². The topological polar surface area (TPSA) is 76.5 Å². The van der Waals surface area contributed by atoms with Crippen LogP contribution in [-0.2, 0) is 22.4 Å². The van der Waals surface area contributed by atoms with Gasteiger partial charge in [-0.2, -0.15) is 0 Å². The molecule has 2 aliphatic rings. The van der Waals surface area contributed by atoms with Crippen LogP contribution >= 0.6 is 11.3 Å². The molecule has 2 aromatic heterocycles. The van der Waals surface area contributed by atoms with Crippen LogP contribution in [0.3, 0.4) is 0 Å². The molecule has 0 bridgehead atoms. The third-order valence-corrected chi connectivity index (χ3v) is 7.52. The summed E-state index contributed by atoms with van der Waals surface area (Å²) in [6.07, 6.45) is 4.85. The number of piperidine rings is 1. The summed E-state index contributed by atoms with van der Waals surface area (Å²) in [5, 5.41) is 0.817. The molecular weight excluding hydrogens is 362 g/mol. The Bertz CT molecular complexity index is 911. The average Bonchev–Trinajstić information content (AvgIpc) is 3.04. The number of thiophene rings is 1. The predicted octanol–water partition coefficient (Wildman–Crippen LogP) is 1.64. The van der Waals surface area contributed by atoms with Gasteiger partial charge >= 0.3 is 5.97 Å². The Morgan fingerprint density at radius 2 is 2.07 bits per heavy atom. The second-order valence-corrected chi connectivity index (χ2v) is 9.24. The summed E-state index contributed by atoms with van der Waals surface area (Å²) >= 11 is 1.70. The van der Waals surface area contributed by atoms with Crippen molar-refractivity contribution in [3.05, 3.63) is 26.6 Å². The Balaban J connectivity index is 1.57. The summed E-state index contributed by atoms with van der Waals surface area (Å²) in [6.45, 7) is 6.18. The molecule has 2 aromatic rings. The van der Waals surface area contributed by atoms with Crippen molar-refractivity contribution in [1.29, 1.82) is 0 Å². The van der Waals surface area contributed by atoms with Crippen molar-refractivity contribution in [3.63, 3.8) is 0 Å². The van der Waals surface area contributed by atoms with Crippen molar-refractivity contribution in [2.24, 2.45) is 11.8 Å². The standard InChI is InChI=1S/C20H27N3O3S/c1-11-4-5-14-15(10-11)27-19-16(14)18(24)21-17(22-19)12(2)23-8-6-13(7-9-23)20(25)26-3/h11-13H,4-10H2,1-3H3,(H,21,22,24)/p+1/t11-,12+/m0/s1. The molecule has 2 atom stereocenters. The van der Waals surface area contributed by atoms with Gasteiger partial charge < -0.3 is 14.6 Å². The zero-order chi connectivity index (χ0) is 19.1. The molecule has 4 rings (SSSR count). The molecule has 1 fully saturated rings. The quantitative estimate of drug-likeness (QED) is 0.781. The van der Waals surface area contributed by atoms with Crippen LogP contribution in [0.4, 0.5) is 0 Å². The molecule has 1 aliphatic carbocycles. The van der Waals surface area contributed by atoms with Crippen LogP contribution in [0.15, 0.2) is 4.79 Å². The highest BCUT2D eigenvalue weighted by molar-refractivity contribution is 7.18. The number of nitrogens with zero attached hydrogens (tertiary/aromatic N) is 1. The van der Waals surface area contributed by atoms with Crippen molar-refractivity contribution >= 4 is 27.5 Å². The van der Waals surface area contributed by atoms with Crippen molar-refractivity contribution in [1.82, 2.24) is 9.97 Å². The van der Waals surface area contributed by atoms with Gasteiger partial charge in [-0.1, -0.05) is 6.92 Å². The lowest BCUT2D eigenvalue weighted by Crippen LogP contribution is -3.13. The molecule has 27 heavy (non-hydrogen) atoms. The van der Waals surface area contributed by atoms with Gasteiger partial charge in [0.05, 0.1) is 31.5 Å². The van der Waals surface area contributed by atoms with E-state index in [1.807, 2.05) is 0 Å². The van der Waals surface area contributed by atoms with E-state index in [1.54, 1.807) is 11.3 Å². The number of quaternary nitrogens is 1. The number of H-pyrrole nitrogens is 1. The number of esters is 1. The average molecular weight is 391 g/mol.